The van der Waals surface area contributed by atoms with E-state index in [4.69, 9.17) is 4.74 Å². The molecule has 0 bridgehead atoms. The maximum Gasteiger partial charge on any atom is 0.324 e. The molecule has 0 saturated carbocycles. The monoisotopic (exact) mass is 290 g/mol. The lowest BCUT2D eigenvalue weighted by Gasteiger charge is -2.15. The van der Waals surface area contributed by atoms with Gasteiger partial charge in [-0.1, -0.05) is 32.0 Å². The molecule has 1 fully saturated rings. The normalized spacial score (nSPS) is 18.3. The van der Waals surface area contributed by atoms with Crippen LogP contribution in [0.1, 0.15) is 25.8 Å². The van der Waals surface area contributed by atoms with Gasteiger partial charge in [0.15, 0.2) is 0 Å². The highest BCUT2D eigenvalue weighted by atomic mass is 16.5. The highest BCUT2D eigenvalue weighted by molar-refractivity contribution is 6.04. The summed E-state index contributed by atoms with van der Waals surface area (Å²) < 4.78 is 5.64. The number of nitrogens with one attached hydrogen (secondary N) is 1. The molecule has 1 heterocycles. The van der Waals surface area contributed by atoms with Crippen molar-refractivity contribution in [1.29, 1.82) is 0 Å². The second-order valence-electron chi connectivity index (χ2n) is 5.74. The van der Waals surface area contributed by atoms with Crippen molar-refractivity contribution in [3.8, 4) is 5.75 Å². The molecule has 1 atom stereocenters. The molecule has 1 aliphatic heterocycles. The number of aryl methyl sites for hydroxylation is 1. The molecule has 114 valence electrons. The number of nitrogens with zero attached hydrogens (tertiary/aromatic N) is 1. The third-order valence-electron chi connectivity index (χ3n) is 3.48. The predicted molar refractivity (Wildman–Crippen MR) is 80.2 cm³/mol. The summed E-state index contributed by atoms with van der Waals surface area (Å²) in [6.07, 6.45) is 0.666. The van der Waals surface area contributed by atoms with Gasteiger partial charge >= 0.3 is 6.03 Å². The lowest BCUT2D eigenvalue weighted by molar-refractivity contribution is -0.128. The summed E-state index contributed by atoms with van der Waals surface area (Å²) in [6.45, 7) is 6.60. The second kappa shape index (κ2) is 6.61. The van der Waals surface area contributed by atoms with E-state index in [1.807, 2.05) is 45.0 Å². The summed E-state index contributed by atoms with van der Waals surface area (Å²) in [6, 6.07) is 6.96. The zero-order chi connectivity index (χ0) is 15.4. The van der Waals surface area contributed by atoms with Crippen LogP contribution in [0.25, 0.3) is 0 Å². The Morgan fingerprint density at radius 3 is 2.67 bits per heavy atom. The Kier molecular flexibility index (Phi) is 4.83. The first-order valence-corrected chi connectivity index (χ1v) is 7.29. The van der Waals surface area contributed by atoms with E-state index in [0.717, 1.165) is 11.3 Å². The van der Waals surface area contributed by atoms with Gasteiger partial charge in [0.1, 0.15) is 18.4 Å². The Hall–Kier alpha value is -2.04. The molecule has 1 aliphatic rings. The third-order valence-corrected chi connectivity index (χ3v) is 3.48. The highest BCUT2D eigenvalue weighted by Crippen LogP contribution is 2.17. The van der Waals surface area contributed by atoms with Crippen LogP contribution in [-0.2, 0) is 4.79 Å². The van der Waals surface area contributed by atoms with E-state index in [2.05, 4.69) is 5.32 Å². The Labute approximate surface area is 125 Å². The first-order chi connectivity index (χ1) is 9.99. The Bertz CT molecular complexity index is 528. The van der Waals surface area contributed by atoms with Gasteiger partial charge in [-0.2, -0.15) is 0 Å². The fourth-order valence-electron chi connectivity index (χ4n) is 2.39. The molecule has 0 aromatic heterocycles. The van der Waals surface area contributed by atoms with E-state index in [1.54, 1.807) is 0 Å². The van der Waals surface area contributed by atoms with Crippen LogP contribution in [-0.4, -0.2) is 36.0 Å². The van der Waals surface area contributed by atoms with Crippen LogP contribution in [0.2, 0.25) is 0 Å². The van der Waals surface area contributed by atoms with Crippen LogP contribution >= 0.6 is 0 Å². The average molecular weight is 290 g/mol. The molecule has 5 heteroatoms. The summed E-state index contributed by atoms with van der Waals surface area (Å²) in [5.41, 5.74) is 1.03. The standard InChI is InChI=1S/C16H22N2O3/c1-11(2)10-13-15(19)18(16(20)17-13)8-9-21-14-7-5-4-6-12(14)3/h4-7,11,13H,8-10H2,1-3H3,(H,17,20)/t13-/m1/s1. The van der Waals surface area contributed by atoms with E-state index in [9.17, 15) is 9.59 Å². The van der Waals surface area contributed by atoms with Crippen molar-refractivity contribution >= 4 is 11.9 Å². The van der Waals surface area contributed by atoms with Crippen molar-refractivity contribution < 1.29 is 14.3 Å². The Morgan fingerprint density at radius 1 is 1.29 bits per heavy atom. The van der Waals surface area contributed by atoms with Crippen LogP contribution in [0, 0.1) is 12.8 Å². The summed E-state index contributed by atoms with van der Waals surface area (Å²) in [5, 5.41) is 2.73. The number of carbonyl (C=O) groups is 2. The number of amides is 3. The van der Waals surface area contributed by atoms with Gasteiger partial charge in [-0.25, -0.2) is 4.79 Å². The molecule has 0 radical (unpaired) electrons. The molecule has 2 rings (SSSR count). The van der Waals surface area contributed by atoms with Crippen molar-refractivity contribution in [3.05, 3.63) is 29.8 Å². The van der Waals surface area contributed by atoms with Gasteiger partial charge < -0.3 is 10.1 Å². The van der Waals surface area contributed by atoms with Crippen LogP contribution in [0.3, 0.4) is 0 Å². The van der Waals surface area contributed by atoms with Crippen LogP contribution in [0.4, 0.5) is 4.79 Å². The molecule has 3 amide bonds. The van der Waals surface area contributed by atoms with E-state index in [-0.39, 0.29) is 18.5 Å². The number of hydrogen-bond donors (Lipinski definition) is 1. The van der Waals surface area contributed by atoms with E-state index in [0.29, 0.717) is 18.9 Å². The molecular formula is C16H22N2O3. The Morgan fingerprint density at radius 2 is 2.00 bits per heavy atom. The molecule has 21 heavy (non-hydrogen) atoms. The number of hydrogen-bond acceptors (Lipinski definition) is 3. The second-order valence-corrected chi connectivity index (χ2v) is 5.74. The minimum absolute atomic E-state index is 0.151. The molecule has 1 N–H and O–H groups in total. The fraction of sp³-hybridized carbons (Fsp3) is 0.500. The minimum atomic E-state index is -0.393. The first-order valence-electron chi connectivity index (χ1n) is 7.29. The van der Waals surface area contributed by atoms with Crippen molar-refractivity contribution in [1.82, 2.24) is 10.2 Å². The number of benzene rings is 1. The number of ether oxygens (including phenoxy) is 1. The molecule has 0 spiro atoms. The van der Waals surface area contributed by atoms with Gasteiger partial charge in [-0.3, -0.25) is 9.69 Å². The maximum atomic E-state index is 12.1. The minimum Gasteiger partial charge on any atom is -0.491 e. The van der Waals surface area contributed by atoms with Crippen molar-refractivity contribution in [2.24, 2.45) is 5.92 Å². The molecular weight excluding hydrogens is 268 g/mol. The van der Waals surface area contributed by atoms with Gasteiger partial charge in [-0.05, 0) is 30.9 Å². The van der Waals surface area contributed by atoms with Gasteiger partial charge in [0, 0.05) is 0 Å². The highest BCUT2D eigenvalue weighted by Gasteiger charge is 2.37. The van der Waals surface area contributed by atoms with E-state index in [1.165, 1.54) is 4.90 Å². The lowest BCUT2D eigenvalue weighted by atomic mass is 10.0. The Balaban J connectivity index is 1.87. The van der Waals surface area contributed by atoms with E-state index >= 15 is 0 Å². The smallest absolute Gasteiger partial charge is 0.324 e. The summed E-state index contributed by atoms with van der Waals surface area (Å²) >= 11 is 0. The van der Waals surface area contributed by atoms with Gasteiger partial charge in [-0.15, -0.1) is 0 Å². The number of para-hydroxylation sites is 1. The topological polar surface area (TPSA) is 58.6 Å². The quantitative estimate of drug-likeness (QED) is 0.818. The third kappa shape index (κ3) is 3.74. The number of rotatable bonds is 6. The molecule has 1 saturated heterocycles. The van der Waals surface area contributed by atoms with Crippen LogP contribution in [0.5, 0.6) is 5.75 Å². The molecule has 0 unspecified atom stereocenters. The molecule has 0 aliphatic carbocycles. The van der Waals surface area contributed by atoms with Gasteiger partial charge in [0.2, 0.25) is 0 Å². The fourth-order valence-corrected chi connectivity index (χ4v) is 2.39. The maximum absolute atomic E-state index is 12.1. The number of carbonyl (C=O) groups excluding carboxylic acids is 2. The SMILES string of the molecule is Cc1ccccc1OCCN1C(=O)N[C@H](CC(C)C)C1=O. The first kappa shape index (κ1) is 15.4. The van der Waals surface area contributed by atoms with Crippen molar-refractivity contribution in [3.63, 3.8) is 0 Å². The molecule has 1 aromatic rings. The molecule has 1 aromatic carbocycles. The predicted octanol–water partition coefficient (Wildman–Crippen LogP) is 2.34. The van der Waals surface area contributed by atoms with Gasteiger partial charge in [0.05, 0.1) is 6.54 Å². The summed E-state index contributed by atoms with van der Waals surface area (Å²) in [7, 11) is 0. The van der Waals surface area contributed by atoms with Crippen molar-refractivity contribution in [2.45, 2.75) is 33.2 Å². The number of urea groups is 1. The lowest BCUT2D eigenvalue weighted by Crippen LogP contribution is -2.35. The molecule has 5 nitrogen and oxygen atoms in total. The van der Waals surface area contributed by atoms with Crippen molar-refractivity contribution in [2.75, 3.05) is 13.2 Å². The summed E-state index contributed by atoms with van der Waals surface area (Å²) in [4.78, 5) is 25.2. The zero-order valence-corrected chi connectivity index (χ0v) is 12.8. The zero-order valence-electron chi connectivity index (χ0n) is 12.8. The van der Waals surface area contributed by atoms with Gasteiger partial charge in [0.25, 0.3) is 5.91 Å². The largest absolute Gasteiger partial charge is 0.491 e. The number of imide groups is 1. The average Bonchev–Trinajstić information content (AvgIpc) is 2.67. The van der Waals surface area contributed by atoms with Crippen LogP contribution < -0.4 is 10.1 Å². The van der Waals surface area contributed by atoms with E-state index < -0.39 is 6.04 Å². The van der Waals surface area contributed by atoms with Crippen LogP contribution in [0.15, 0.2) is 24.3 Å². The summed E-state index contributed by atoms with van der Waals surface area (Å²) in [5.74, 6) is 0.993.